The van der Waals surface area contributed by atoms with E-state index in [1.165, 1.54) is 6.08 Å². The van der Waals surface area contributed by atoms with Crippen molar-refractivity contribution in [1.29, 1.82) is 0 Å². The summed E-state index contributed by atoms with van der Waals surface area (Å²) in [5.41, 5.74) is 0. The van der Waals surface area contributed by atoms with Crippen LogP contribution in [0.2, 0.25) is 0 Å². The lowest BCUT2D eigenvalue weighted by molar-refractivity contribution is 0.910. The molecule has 0 saturated heterocycles. The maximum Gasteiger partial charge on any atom is 0.106 e. The fourth-order valence-electron chi connectivity index (χ4n) is 0.830. The first-order valence-electron chi connectivity index (χ1n) is 3.62. The molecule has 11 heavy (non-hydrogen) atoms. The van der Waals surface area contributed by atoms with Gasteiger partial charge in [0.25, 0.3) is 0 Å². The van der Waals surface area contributed by atoms with Crippen LogP contribution < -0.4 is 0 Å². The molecule has 0 aromatic carbocycles. The summed E-state index contributed by atoms with van der Waals surface area (Å²) in [4.78, 5) is 7.11. The Hall–Kier alpha value is -1.31. The average Bonchev–Trinajstić information content (AvgIpc) is 2.50. The van der Waals surface area contributed by atoms with E-state index in [2.05, 4.69) is 9.97 Å². The second-order valence-corrected chi connectivity index (χ2v) is 2.20. The number of aromatic amines is 1. The van der Waals surface area contributed by atoms with Crippen LogP contribution in [0.25, 0.3) is 0 Å². The zero-order chi connectivity index (χ0) is 7.94. The third kappa shape index (κ3) is 2.85. The highest BCUT2D eigenvalue weighted by atomic mass is 14.9. The molecule has 0 bridgehead atoms. The monoisotopic (exact) mass is 147 g/mol. The maximum absolute atomic E-state index is 5.15. The highest BCUT2D eigenvalue weighted by Crippen LogP contribution is 1.95. The van der Waals surface area contributed by atoms with Crippen LogP contribution in [-0.2, 0) is 6.42 Å². The summed E-state index contributed by atoms with van der Waals surface area (Å²) in [7, 11) is 0. The minimum Gasteiger partial charge on any atom is -0.349 e. The number of aryl methyl sites for hydroxylation is 1. The van der Waals surface area contributed by atoms with E-state index < -0.39 is 0 Å². The van der Waals surface area contributed by atoms with Crippen LogP contribution in [0.1, 0.15) is 12.2 Å². The standard InChI is InChI=1S/C9H11N2/c1-2-3-4-5-6-9-10-7-8-11-9/h1-4,7-8H,5-6H2,(H,10,11). The number of allylic oxidation sites excluding steroid dienone is 3. The van der Waals surface area contributed by atoms with Crippen molar-refractivity contribution < 1.29 is 0 Å². The van der Waals surface area contributed by atoms with E-state index >= 15 is 0 Å². The summed E-state index contributed by atoms with van der Waals surface area (Å²) in [5, 5.41) is 0. The Bertz CT molecular complexity index is 222. The topological polar surface area (TPSA) is 28.7 Å². The van der Waals surface area contributed by atoms with Gasteiger partial charge in [0.1, 0.15) is 5.82 Å². The van der Waals surface area contributed by atoms with Crippen LogP contribution >= 0.6 is 0 Å². The number of H-pyrrole nitrogens is 1. The van der Waals surface area contributed by atoms with Gasteiger partial charge in [-0.1, -0.05) is 24.8 Å². The quantitative estimate of drug-likeness (QED) is 0.647. The van der Waals surface area contributed by atoms with Gasteiger partial charge in [-0.25, -0.2) is 4.98 Å². The SMILES string of the molecule is [CH]=CC=CCCc1ncc[nH]1. The average molecular weight is 147 g/mol. The second kappa shape index (κ2) is 4.50. The van der Waals surface area contributed by atoms with Gasteiger partial charge >= 0.3 is 0 Å². The molecule has 1 rings (SSSR count). The Morgan fingerprint density at radius 3 is 3.18 bits per heavy atom. The number of nitrogens with one attached hydrogen (secondary N) is 1. The Morgan fingerprint density at radius 2 is 2.55 bits per heavy atom. The highest BCUT2D eigenvalue weighted by molar-refractivity contribution is 4.97. The smallest absolute Gasteiger partial charge is 0.106 e. The van der Waals surface area contributed by atoms with E-state index in [0.717, 1.165) is 18.7 Å². The van der Waals surface area contributed by atoms with Crippen molar-refractivity contribution in [2.24, 2.45) is 0 Å². The molecule has 0 aliphatic rings. The summed E-state index contributed by atoms with van der Waals surface area (Å²) in [6.07, 6.45) is 10.9. The van der Waals surface area contributed by atoms with Crippen LogP contribution in [0.5, 0.6) is 0 Å². The number of hydrogen-bond donors (Lipinski definition) is 1. The normalized spacial score (nSPS) is 10.5. The van der Waals surface area contributed by atoms with E-state index in [-0.39, 0.29) is 0 Å². The Kier molecular flexibility index (Phi) is 3.19. The Balaban J connectivity index is 2.23. The van der Waals surface area contributed by atoms with Gasteiger partial charge in [-0.2, -0.15) is 0 Å². The first-order chi connectivity index (χ1) is 5.43. The summed E-state index contributed by atoms with van der Waals surface area (Å²) in [6, 6.07) is 0. The lowest BCUT2D eigenvalue weighted by Gasteiger charge is -1.88. The summed E-state index contributed by atoms with van der Waals surface area (Å²) < 4.78 is 0. The lowest BCUT2D eigenvalue weighted by Crippen LogP contribution is -1.84. The van der Waals surface area contributed by atoms with Gasteiger partial charge in [0.2, 0.25) is 0 Å². The molecule has 0 spiro atoms. The van der Waals surface area contributed by atoms with E-state index in [9.17, 15) is 0 Å². The fraction of sp³-hybridized carbons (Fsp3) is 0.222. The molecule has 0 aliphatic heterocycles. The van der Waals surface area contributed by atoms with E-state index in [1.54, 1.807) is 6.20 Å². The molecule has 1 heterocycles. The molecule has 0 amide bonds. The van der Waals surface area contributed by atoms with Crippen molar-refractivity contribution in [2.45, 2.75) is 12.8 Å². The van der Waals surface area contributed by atoms with E-state index in [4.69, 9.17) is 6.58 Å². The van der Waals surface area contributed by atoms with Crippen LogP contribution in [0.4, 0.5) is 0 Å². The molecule has 0 atom stereocenters. The molecule has 57 valence electrons. The first kappa shape index (κ1) is 7.79. The van der Waals surface area contributed by atoms with Crippen LogP contribution in [-0.4, -0.2) is 9.97 Å². The predicted molar refractivity (Wildman–Crippen MR) is 44.9 cm³/mol. The summed E-state index contributed by atoms with van der Waals surface area (Å²) in [6.45, 7) is 5.15. The molecule has 0 aliphatic carbocycles. The van der Waals surface area contributed by atoms with Gasteiger partial charge in [0.15, 0.2) is 0 Å². The zero-order valence-corrected chi connectivity index (χ0v) is 6.33. The van der Waals surface area contributed by atoms with Crippen molar-refractivity contribution in [1.82, 2.24) is 9.97 Å². The molecule has 2 heteroatoms. The van der Waals surface area contributed by atoms with Crippen molar-refractivity contribution in [3.63, 3.8) is 0 Å². The molecule has 1 N–H and O–H groups in total. The Morgan fingerprint density at radius 1 is 1.64 bits per heavy atom. The number of rotatable bonds is 4. The summed E-state index contributed by atoms with van der Waals surface area (Å²) in [5.74, 6) is 1.02. The first-order valence-corrected chi connectivity index (χ1v) is 3.62. The second-order valence-electron chi connectivity index (χ2n) is 2.20. The van der Waals surface area contributed by atoms with Crippen LogP contribution in [0.15, 0.2) is 30.6 Å². The maximum atomic E-state index is 5.15. The molecule has 2 nitrogen and oxygen atoms in total. The molecule has 1 aromatic rings. The molecular weight excluding hydrogens is 136 g/mol. The fourth-order valence-corrected chi connectivity index (χ4v) is 0.830. The van der Waals surface area contributed by atoms with Crippen molar-refractivity contribution in [3.8, 4) is 0 Å². The van der Waals surface area contributed by atoms with Gasteiger partial charge in [-0.3, -0.25) is 0 Å². The number of nitrogens with zero attached hydrogens (tertiary/aromatic N) is 1. The molecule has 1 aromatic heterocycles. The van der Waals surface area contributed by atoms with Crippen molar-refractivity contribution >= 4 is 0 Å². The van der Waals surface area contributed by atoms with Gasteiger partial charge in [-0.15, -0.1) is 0 Å². The largest absolute Gasteiger partial charge is 0.349 e. The number of imidazole rings is 1. The van der Waals surface area contributed by atoms with E-state index in [1.807, 2.05) is 18.3 Å². The summed E-state index contributed by atoms with van der Waals surface area (Å²) >= 11 is 0. The van der Waals surface area contributed by atoms with E-state index in [0.29, 0.717) is 0 Å². The molecule has 0 fully saturated rings. The van der Waals surface area contributed by atoms with Gasteiger partial charge in [-0.05, 0) is 6.42 Å². The third-order valence-electron chi connectivity index (χ3n) is 1.35. The third-order valence-corrected chi connectivity index (χ3v) is 1.35. The van der Waals surface area contributed by atoms with Gasteiger partial charge in [0, 0.05) is 18.8 Å². The predicted octanol–water partition coefficient (Wildman–Crippen LogP) is 1.89. The van der Waals surface area contributed by atoms with Crippen LogP contribution in [0, 0.1) is 6.58 Å². The van der Waals surface area contributed by atoms with Crippen LogP contribution in [0.3, 0.4) is 0 Å². The number of aromatic nitrogens is 2. The minimum absolute atomic E-state index is 0.942. The highest BCUT2D eigenvalue weighted by Gasteiger charge is 1.89. The molecule has 0 unspecified atom stereocenters. The van der Waals surface area contributed by atoms with Gasteiger partial charge in [0.05, 0.1) is 0 Å². The van der Waals surface area contributed by atoms with Crippen molar-refractivity contribution in [2.75, 3.05) is 0 Å². The number of hydrogen-bond acceptors (Lipinski definition) is 1. The molecule has 1 radical (unpaired) electrons. The molecular formula is C9H11N2. The minimum atomic E-state index is 0.942. The van der Waals surface area contributed by atoms with Gasteiger partial charge < -0.3 is 4.98 Å². The zero-order valence-electron chi connectivity index (χ0n) is 6.33. The Labute approximate surface area is 66.7 Å². The molecule has 0 saturated carbocycles. The van der Waals surface area contributed by atoms with Crippen molar-refractivity contribution in [3.05, 3.63) is 43.0 Å². The lowest BCUT2D eigenvalue weighted by atomic mass is 10.3.